The molecule has 0 spiro atoms. The molecule has 3 fully saturated rings. The van der Waals surface area contributed by atoms with Crippen molar-refractivity contribution < 1.29 is 42.4 Å². The van der Waals surface area contributed by atoms with Gasteiger partial charge < -0.3 is 42.6 Å². The highest BCUT2D eigenvalue weighted by molar-refractivity contribution is 5.93. The summed E-state index contributed by atoms with van der Waals surface area (Å²) < 4.78 is 29.2. The fourth-order valence-corrected chi connectivity index (χ4v) is 8.02. The van der Waals surface area contributed by atoms with Crippen molar-refractivity contribution in [3.8, 4) is 11.4 Å². The molecule has 0 unspecified atom stereocenters. The van der Waals surface area contributed by atoms with Gasteiger partial charge in [0, 0.05) is 36.0 Å². The smallest absolute Gasteiger partial charge is 0.249 e. The second-order valence-electron chi connectivity index (χ2n) is 15.5. The summed E-state index contributed by atoms with van der Waals surface area (Å²) in [7, 11) is 0. The van der Waals surface area contributed by atoms with E-state index in [1.165, 1.54) is 6.07 Å². The molecule has 336 valence electrons. The molecule has 3 aromatic heterocycles. The highest BCUT2D eigenvalue weighted by Gasteiger charge is 2.47. The Balaban J connectivity index is 0.959. The van der Waals surface area contributed by atoms with Crippen molar-refractivity contribution in [2.24, 2.45) is 23.5 Å². The first kappa shape index (κ1) is 45.9. The zero-order valence-corrected chi connectivity index (χ0v) is 34.5. The van der Waals surface area contributed by atoms with Crippen LogP contribution >= 0.6 is 0 Å². The Hall–Kier alpha value is -6.61. The number of nitrogens with one attached hydrogen (secondary N) is 8. The van der Waals surface area contributed by atoms with E-state index in [2.05, 4.69) is 57.3 Å². The van der Waals surface area contributed by atoms with E-state index in [0.29, 0.717) is 29.6 Å². The molecule has 6 amide bonds. The van der Waals surface area contributed by atoms with Crippen LogP contribution in [0.1, 0.15) is 56.9 Å². The summed E-state index contributed by atoms with van der Waals surface area (Å²) in [5, 5.41) is 16.0. The van der Waals surface area contributed by atoms with Gasteiger partial charge >= 0.3 is 0 Å². The van der Waals surface area contributed by atoms with Crippen molar-refractivity contribution in [2.75, 3.05) is 38.2 Å². The van der Waals surface area contributed by atoms with Gasteiger partial charge in [0.25, 0.3) is 0 Å². The third kappa shape index (κ3) is 13.0. The number of hydrogen-bond acceptors (Lipinski definition) is 12. The maximum Gasteiger partial charge on any atom is 0.249 e. The number of benzene rings is 1. The van der Waals surface area contributed by atoms with Gasteiger partial charge in [0.05, 0.1) is 37.9 Å². The van der Waals surface area contributed by atoms with Crippen LogP contribution in [0.5, 0.6) is 0 Å². The monoisotopic (exact) mass is 874 g/mol. The minimum atomic E-state index is -1.11. The number of amides is 6. The molecule has 2 bridgehead atoms. The first-order valence-electron chi connectivity index (χ1n) is 20.9. The van der Waals surface area contributed by atoms with Gasteiger partial charge in [-0.15, -0.1) is 0 Å². The number of pyridine rings is 1. The van der Waals surface area contributed by atoms with Crippen LogP contribution in [0, 0.1) is 29.4 Å². The molecular weight excluding hydrogens is 823 g/mol. The van der Waals surface area contributed by atoms with E-state index in [9.17, 15) is 33.2 Å². The Kier molecular flexibility index (Phi) is 16.4. The lowest BCUT2D eigenvalue weighted by Crippen LogP contribution is -2.54. The number of carbonyl (C=O) groups excluding carboxylic acids is 6. The number of aromatic nitrogens is 4. The van der Waals surface area contributed by atoms with Crippen LogP contribution in [0.4, 0.5) is 14.6 Å². The first-order valence-corrected chi connectivity index (χ1v) is 20.9. The Morgan fingerprint density at radius 2 is 1.54 bits per heavy atom. The minimum Gasteiger partial charge on any atom is -0.364 e. The summed E-state index contributed by atoms with van der Waals surface area (Å²) >= 11 is 0. The second kappa shape index (κ2) is 22.5. The molecule has 21 heteroatoms. The molecule has 0 aliphatic heterocycles. The number of nitrogens with two attached hydrogens (primary N) is 1. The van der Waals surface area contributed by atoms with Gasteiger partial charge in [0.1, 0.15) is 24.2 Å². The molecule has 19 nitrogen and oxygen atoms in total. The number of carbonyl (C=O) groups is 6. The number of aromatic amines is 1. The molecule has 63 heavy (non-hydrogen) atoms. The van der Waals surface area contributed by atoms with E-state index >= 15 is 4.39 Å². The van der Waals surface area contributed by atoms with Crippen LogP contribution in [0.25, 0.3) is 22.4 Å². The number of hydroxylamine groups is 1. The van der Waals surface area contributed by atoms with Gasteiger partial charge in [0.15, 0.2) is 17.5 Å². The van der Waals surface area contributed by atoms with Crippen molar-refractivity contribution in [2.45, 2.75) is 69.9 Å². The number of halogens is 2. The standard InChI is InChI=1S/C42H52F2N12O7/c43-27-16-28-29(18-49-38(28)48-17-27)39-50-19-30(44)40(55-39)54-37-26-12-10-25(11-13-26)36(37)42(62)56-63-23-52-34(59)21-51-41(61)31(15-24-7-3-1-4-8-24)53-35(60)22-47-33(58)20-46-32(57)9-5-2-6-14-45/h1,3-4,7-8,16-19,25-26,31,36-37H,2,5-6,9-15,20-23,45H2,(H,46,57)(H,47,58)(H,48,49)(H,51,61)(H,52,59)(H,53,60)(H,56,62)(H,50,54,55)/t25?,26?,31-,36-,37-/m0/s1. The molecule has 3 saturated carbocycles. The van der Waals surface area contributed by atoms with Crippen molar-refractivity contribution in [3.05, 3.63) is 72.2 Å². The van der Waals surface area contributed by atoms with E-state index in [0.717, 1.165) is 56.5 Å². The number of H-pyrrole nitrogens is 1. The lowest BCUT2D eigenvalue weighted by atomic mass is 9.61. The maximum atomic E-state index is 15.2. The molecule has 3 heterocycles. The Labute approximate surface area is 361 Å². The maximum absolute atomic E-state index is 15.2. The normalized spacial score (nSPS) is 18.2. The third-order valence-corrected chi connectivity index (χ3v) is 11.2. The summed E-state index contributed by atoms with van der Waals surface area (Å²) in [6, 6.07) is 8.53. The van der Waals surface area contributed by atoms with Gasteiger partial charge in [-0.05, 0) is 68.5 Å². The second-order valence-corrected chi connectivity index (χ2v) is 15.5. The summed E-state index contributed by atoms with van der Waals surface area (Å²) in [6.45, 7) is -1.17. The number of fused-ring (bicyclic) bond motifs is 4. The Morgan fingerprint density at radius 1 is 0.825 bits per heavy atom. The van der Waals surface area contributed by atoms with Gasteiger partial charge in [0.2, 0.25) is 35.4 Å². The predicted molar refractivity (Wildman–Crippen MR) is 224 cm³/mol. The molecule has 3 atom stereocenters. The number of rotatable bonds is 22. The number of nitrogens with zero attached hydrogens (tertiary/aromatic N) is 3. The van der Waals surface area contributed by atoms with Gasteiger partial charge in [-0.1, -0.05) is 36.8 Å². The molecule has 3 aliphatic carbocycles. The van der Waals surface area contributed by atoms with Crippen molar-refractivity contribution >= 4 is 52.3 Å². The van der Waals surface area contributed by atoms with Crippen molar-refractivity contribution in [1.82, 2.24) is 52.0 Å². The number of hydrogen-bond donors (Lipinski definition) is 9. The minimum absolute atomic E-state index is 0.0251. The van der Waals surface area contributed by atoms with Crippen LogP contribution < -0.4 is 43.1 Å². The van der Waals surface area contributed by atoms with Crippen LogP contribution in [0.2, 0.25) is 0 Å². The average Bonchev–Trinajstić information content (AvgIpc) is 3.71. The van der Waals surface area contributed by atoms with Crippen LogP contribution in [0.15, 0.2) is 55.0 Å². The molecular formula is C42H52F2N12O7. The molecule has 4 aromatic rings. The fourth-order valence-electron chi connectivity index (χ4n) is 8.02. The lowest BCUT2D eigenvalue weighted by Gasteiger charge is -2.48. The quantitative estimate of drug-likeness (QED) is 0.0307. The molecule has 10 N–H and O–H groups in total. The first-order chi connectivity index (χ1) is 30.5. The SMILES string of the molecule is NCCCCCC(=O)NCC(=O)NCC(=O)N[C@@H](Cc1ccccc1)C(=O)NCC(=O)NCONC(=O)[C@H]1C2CCC(CC2)[C@@H]1Nc1nc(-c2c[nH]c3ncc(F)cc23)ncc1F. The lowest BCUT2D eigenvalue weighted by molar-refractivity contribution is -0.146. The van der Waals surface area contributed by atoms with E-state index in [1.54, 1.807) is 36.5 Å². The molecule has 0 radical (unpaired) electrons. The molecule has 3 aliphatic rings. The van der Waals surface area contributed by atoms with Crippen LogP contribution in [-0.2, 0) is 40.0 Å². The van der Waals surface area contributed by atoms with E-state index in [4.69, 9.17) is 10.6 Å². The molecule has 1 aromatic carbocycles. The highest BCUT2D eigenvalue weighted by Crippen LogP contribution is 2.46. The van der Waals surface area contributed by atoms with Gasteiger partial charge in [-0.25, -0.2) is 29.2 Å². The summed E-state index contributed by atoms with van der Waals surface area (Å²) in [5.41, 5.74) is 9.42. The zero-order valence-electron chi connectivity index (χ0n) is 34.5. The Morgan fingerprint density at radius 3 is 2.32 bits per heavy atom. The summed E-state index contributed by atoms with van der Waals surface area (Å²) in [6.07, 6.45) is 9.47. The number of anilines is 1. The van der Waals surface area contributed by atoms with E-state index in [-0.39, 0.29) is 48.8 Å². The summed E-state index contributed by atoms with van der Waals surface area (Å²) in [5.74, 6) is -5.21. The highest BCUT2D eigenvalue weighted by atomic mass is 19.1. The van der Waals surface area contributed by atoms with Crippen LogP contribution in [0.3, 0.4) is 0 Å². The predicted octanol–water partition coefficient (Wildman–Crippen LogP) is 1.23. The molecule has 0 saturated heterocycles. The molecule has 7 rings (SSSR count). The van der Waals surface area contributed by atoms with Gasteiger partial charge in [-0.2, -0.15) is 0 Å². The fraction of sp³-hybridized carbons (Fsp3) is 0.452. The number of unbranched alkanes of at least 4 members (excludes halogenated alkanes) is 2. The Bertz CT molecular complexity index is 2240. The van der Waals surface area contributed by atoms with Crippen molar-refractivity contribution in [1.29, 1.82) is 0 Å². The van der Waals surface area contributed by atoms with E-state index in [1.807, 2.05) is 0 Å². The van der Waals surface area contributed by atoms with Gasteiger partial charge in [-0.3, -0.25) is 33.6 Å². The zero-order chi connectivity index (χ0) is 44.7. The average molecular weight is 875 g/mol. The van der Waals surface area contributed by atoms with Crippen molar-refractivity contribution in [3.63, 3.8) is 0 Å². The van der Waals surface area contributed by atoms with E-state index < -0.39 is 79.0 Å². The largest absolute Gasteiger partial charge is 0.364 e. The third-order valence-electron chi connectivity index (χ3n) is 11.2. The topological polar surface area (TPSA) is 276 Å². The summed E-state index contributed by atoms with van der Waals surface area (Å²) in [4.78, 5) is 97.3. The van der Waals surface area contributed by atoms with Crippen LogP contribution in [-0.4, -0.2) is 100 Å².